The molecule has 0 aliphatic rings. The monoisotopic (exact) mass is 360 g/mol. The molecule has 2 aromatic carbocycles. The zero-order valence-corrected chi connectivity index (χ0v) is 14.6. The number of para-hydroxylation sites is 1. The number of hydrogen-bond donors (Lipinski definition) is 4. The number of nitrogens with zero attached hydrogens (tertiary/aromatic N) is 1. The van der Waals surface area contributed by atoms with Gasteiger partial charge in [-0.3, -0.25) is 4.79 Å². The lowest BCUT2D eigenvalue weighted by molar-refractivity contribution is 0.0917. The molecule has 0 fully saturated rings. The first-order valence-corrected chi connectivity index (χ1v) is 8.81. The van der Waals surface area contributed by atoms with E-state index in [1.165, 1.54) is 0 Å². The zero-order valence-electron chi connectivity index (χ0n) is 14.6. The molecule has 0 saturated carbocycles. The molecule has 1 unspecified atom stereocenters. The van der Waals surface area contributed by atoms with E-state index in [1.807, 2.05) is 48.7 Å². The summed E-state index contributed by atoms with van der Waals surface area (Å²) in [5.74, 6) is 0.402. The quantitative estimate of drug-likeness (QED) is 0.426. The average Bonchev–Trinajstić information content (AvgIpc) is 3.38. The van der Waals surface area contributed by atoms with E-state index in [9.17, 15) is 9.90 Å². The Labute approximate surface area is 156 Å². The zero-order chi connectivity index (χ0) is 18.6. The Morgan fingerprint density at radius 3 is 2.74 bits per heavy atom. The molecule has 1 atom stereocenters. The number of aliphatic hydroxyl groups is 1. The molecular weight excluding hydrogens is 340 g/mol. The molecule has 0 aliphatic heterocycles. The van der Waals surface area contributed by atoms with Crippen LogP contribution in [0.1, 0.15) is 15.9 Å². The van der Waals surface area contributed by atoms with Crippen LogP contribution < -0.4 is 5.32 Å². The largest absolute Gasteiger partial charge is 0.394 e. The van der Waals surface area contributed by atoms with Gasteiger partial charge in [0.15, 0.2) is 0 Å². The number of amides is 1. The van der Waals surface area contributed by atoms with E-state index in [1.54, 1.807) is 18.5 Å². The van der Waals surface area contributed by atoms with Gasteiger partial charge >= 0.3 is 0 Å². The lowest BCUT2D eigenvalue weighted by Gasteiger charge is -2.17. The first kappa shape index (κ1) is 17.1. The molecule has 0 saturated heterocycles. The lowest BCUT2D eigenvalue weighted by atomic mass is 10.0. The van der Waals surface area contributed by atoms with E-state index in [-0.39, 0.29) is 18.6 Å². The van der Waals surface area contributed by atoms with Crippen molar-refractivity contribution in [1.82, 2.24) is 20.3 Å². The predicted octanol–water partition coefficient (Wildman–Crippen LogP) is 2.89. The second kappa shape index (κ2) is 7.47. The van der Waals surface area contributed by atoms with Crippen LogP contribution in [0, 0.1) is 0 Å². The summed E-state index contributed by atoms with van der Waals surface area (Å²) in [6.45, 7) is -0.145. The number of hydrogen-bond acceptors (Lipinski definition) is 3. The van der Waals surface area contributed by atoms with Gasteiger partial charge in [0, 0.05) is 35.1 Å². The second-order valence-electron chi connectivity index (χ2n) is 6.40. The molecule has 0 aliphatic carbocycles. The predicted molar refractivity (Wildman–Crippen MR) is 104 cm³/mol. The number of nitrogens with one attached hydrogen (secondary N) is 3. The average molecular weight is 360 g/mol. The van der Waals surface area contributed by atoms with Crippen molar-refractivity contribution in [3.8, 4) is 11.4 Å². The topological polar surface area (TPSA) is 93.8 Å². The number of rotatable bonds is 6. The van der Waals surface area contributed by atoms with Crippen LogP contribution in [0.15, 0.2) is 67.1 Å². The fourth-order valence-electron chi connectivity index (χ4n) is 3.29. The molecule has 4 aromatic rings. The van der Waals surface area contributed by atoms with Crippen LogP contribution in [0.2, 0.25) is 0 Å². The van der Waals surface area contributed by atoms with Crippen molar-refractivity contribution in [3.05, 3.63) is 78.2 Å². The molecular formula is C21H20N4O2. The third-order valence-corrected chi connectivity index (χ3v) is 4.62. The van der Waals surface area contributed by atoms with Crippen LogP contribution in [0.3, 0.4) is 0 Å². The van der Waals surface area contributed by atoms with Gasteiger partial charge in [0.1, 0.15) is 5.82 Å². The Morgan fingerprint density at radius 2 is 1.93 bits per heavy atom. The van der Waals surface area contributed by atoms with Gasteiger partial charge in [0.25, 0.3) is 5.91 Å². The van der Waals surface area contributed by atoms with Crippen LogP contribution >= 0.6 is 0 Å². The Bertz CT molecular complexity index is 1050. The molecule has 6 heteroatoms. The van der Waals surface area contributed by atoms with Crippen LogP contribution in [0.4, 0.5) is 0 Å². The van der Waals surface area contributed by atoms with Crippen molar-refractivity contribution < 1.29 is 9.90 Å². The van der Waals surface area contributed by atoms with Gasteiger partial charge in [0.05, 0.1) is 18.2 Å². The van der Waals surface area contributed by atoms with Crippen molar-refractivity contribution in [2.24, 2.45) is 0 Å². The van der Waals surface area contributed by atoms with E-state index in [0.717, 1.165) is 22.0 Å². The van der Waals surface area contributed by atoms with Gasteiger partial charge in [-0.1, -0.05) is 36.4 Å². The van der Waals surface area contributed by atoms with Crippen molar-refractivity contribution in [2.45, 2.75) is 12.5 Å². The molecule has 2 aromatic heterocycles. The second-order valence-corrected chi connectivity index (χ2v) is 6.40. The summed E-state index contributed by atoms with van der Waals surface area (Å²) >= 11 is 0. The summed E-state index contributed by atoms with van der Waals surface area (Å²) in [5, 5.41) is 13.8. The number of aromatic nitrogens is 3. The van der Waals surface area contributed by atoms with Gasteiger partial charge < -0.3 is 20.4 Å². The Hall–Kier alpha value is -3.38. The number of aliphatic hydroxyl groups excluding tert-OH is 1. The first-order valence-electron chi connectivity index (χ1n) is 8.81. The normalized spacial score (nSPS) is 12.2. The maximum Gasteiger partial charge on any atom is 0.252 e. The van der Waals surface area contributed by atoms with Crippen molar-refractivity contribution in [2.75, 3.05) is 6.61 Å². The minimum atomic E-state index is -0.388. The van der Waals surface area contributed by atoms with Gasteiger partial charge in [-0.05, 0) is 24.1 Å². The molecule has 2 heterocycles. The number of H-pyrrole nitrogens is 2. The number of imidazole rings is 1. The number of carbonyl (C=O) groups is 1. The summed E-state index contributed by atoms with van der Waals surface area (Å²) in [5.41, 5.74) is 3.34. The maximum absolute atomic E-state index is 12.9. The summed E-state index contributed by atoms with van der Waals surface area (Å²) in [4.78, 5) is 23.3. The summed E-state index contributed by atoms with van der Waals surface area (Å²) in [6.07, 6.45) is 5.83. The fraction of sp³-hybridized carbons (Fsp3) is 0.143. The fourth-order valence-corrected chi connectivity index (χ4v) is 3.29. The Kier molecular flexibility index (Phi) is 4.72. The molecule has 4 rings (SSSR count). The maximum atomic E-state index is 12.9. The molecule has 6 nitrogen and oxygen atoms in total. The highest BCUT2D eigenvalue weighted by atomic mass is 16.3. The lowest BCUT2D eigenvalue weighted by Crippen LogP contribution is -2.39. The number of carbonyl (C=O) groups excluding carboxylic acids is 1. The standard InChI is InChI=1S/C21H20N4O2/c26-13-15(11-14-12-24-19-8-4-3-5-16(14)19)25-21(27)18-7-2-1-6-17(18)20-22-9-10-23-20/h1-10,12,15,24,26H,11,13H2,(H,22,23)(H,25,27). The summed E-state index contributed by atoms with van der Waals surface area (Å²) in [7, 11) is 0. The Morgan fingerprint density at radius 1 is 1.11 bits per heavy atom. The third kappa shape index (κ3) is 3.47. The molecule has 0 spiro atoms. The highest BCUT2D eigenvalue weighted by Gasteiger charge is 2.18. The van der Waals surface area contributed by atoms with E-state index >= 15 is 0 Å². The molecule has 136 valence electrons. The highest BCUT2D eigenvalue weighted by molar-refractivity contribution is 6.00. The molecule has 1 amide bonds. The number of fused-ring (bicyclic) bond motifs is 1. The molecule has 4 N–H and O–H groups in total. The number of aromatic amines is 2. The third-order valence-electron chi connectivity index (χ3n) is 4.62. The van der Waals surface area contributed by atoms with E-state index in [0.29, 0.717) is 17.8 Å². The molecule has 0 bridgehead atoms. The van der Waals surface area contributed by atoms with E-state index < -0.39 is 0 Å². The number of benzene rings is 2. The minimum Gasteiger partial charge on any atom is -0.394 e. The van der Waals surface area contributed by atoms with E-state index in [4.69, 9.17) is 0 Å². The van der Waals surface area contributed by atoms with Gasteiger partial charge in [0.2, 0.25) is 0 Å². The highest BCUT2D eigenvalue weighted by Crippen LogP contribution is 2.21. The Balaban J connectivity index is 1.55. The van der Waals surface area contributed by atoms with Crippen LogP contribution in [0.25, 0.3) is 22.3 Å². The minimum absolute atomic E-state index is 0.145. The first-order chi connectivity index (χ1) is 13.3. The van der Waals surface area contributed by atoms with Gasteiger partial charge in [-0.15, -0.1) is 0 Å². The van der Waals surface area contributed by atoms with Gasteiger partial charge in [-0.25, -0.2) is 4.98 Å². The van der Waals surface area contributed by atoms with Gasteiger partial charge in [-0.2, -0.15) is 0 Å². The van der Waals surface area contributed by atoms with E-state index in [2.05, 4.69) is 20.3 Å². The van der Waals surface area contributed by atoms with Crippen LogP contribution in [-0.4, -0.2) is 38.6 Å². The summed E-state index contributed by atoms with van der Waals surface area (Å²) < 4.78 is 0. The van der Waals surface area contributed by atoms with Crippen molar-refractivity contribution in [3.63, 3.8) is 0 Å². The van der Waals surface area contributed by atoms with Crippen molar-refractivity contribution >= 4 is 16.8 Å². The SMILES string of the molecule is O=C(NC(CO)Cc1c[nH]c2ccccc12)c1ccccc1-c1ncc[nH]1. The van der Waals surface area contributed by atoms with Crippen molar-refractivity contribution in [1.29, 1.82) is 0 Å². The molecule has 0 radical (unpaired) electrons. The smallest absolute Gasteiger partial charge is 0.252 e. The van der Waals surface area contributed by atoms with Crippen LogP contribution in [-0.2, 0) is 6.42 Å². The van der Waals surface area contributed by atoms with Crippen LogP contribution in [0.5, 0.6) is 0 Å². The summed E-state index contributed by atoms with van der Waals surface area (Å²) in [6, 6.07) is 14.9. The molecule has 27 heavy (non-hydrogen) atoms.